The lowest BCUT2D eigenvalue weighted by atomic mass is 9.83. The molecule has 1 fully saturated rings. The minimum Gasteiger partial charge on any atom is -0.481 e. The molecule has 2 heterocycles. The molecule has 0 aliphatic heterocycles. The summed E-state index contributed by atoms with van der Waals surface area (Å²) in [6.45, 7) is 0. The highest BCUT2D eigenvalue weighted by atomic mass is 16.4. The van der Waals surface area contributed by atoms with Crippen molar-refractivity contribution in [1.82, 2.24) is 14.6 Å². The molecule has 18 heavy (non-hydrogen) atoms. The molecule has 1 aliphatic carbocycles. The maximum Gasteiger partial charge on any atom is 0.303 e. The number of fused-ring (bicyclic) bond motifs is 1. The predicted molar refractivity (Wildman–Crippen MR) is 65.5 cm³/mol. The second-order valence-electron chi connectivity index (χ2n) is 4.81. The predicted octanol–water partition coefficient (Wildman–Crippen LogP) is 2.01. The summed E-state index contributed by atoms with van der Waals surface area (Å²) in [5.41, 5.74) is 2.70. The zero-order valence-electron chi connectivity index (χ0n) is 10.0. The van der Waals surface area contributed by atoms with Gasteiger partial charge < -0.3 is 5.11 Å². The molecule has 0 bridgehead atoms. The van der Waals surface area contributed by atoms with E-state index in [0.29, 0.717) is 12.3 Å². The van der Waals surface area contributed by atoms with Crippen molar-refractivity contribution in [2.45, 2.75) is 38.0 Å². The first kappa shape index (κ1) is 11.2. The monoisotopic (exact) mass is 245 g/mol. The maximum absolute atomic E-state index is 10.5. The van der Waals surface area contributed by atoms with Crippen molar-refractivity contribution in [1.29, 1.82) is 0 Å². The van der Waals surface area contributed by atoms with Gasteiger partial charge in [-0.2, -0.15) is 5.10 Å². The third kappa shape index (κ3) is 2.08. The van der Waals surface area contributed by atoms with Crippen molar-refractivity contribution < 1.29 is 9.90 Å². The molecule has 2 aromatic heterocycles. The lowest BCUT2D eigenvalue weighted by molar-refractivity contribution is -0.136. The van der Waals surface area contributed by atoms with Crippen LogP contribution in [0.1, 0.15) is 43.0 Å². The molecule has 0 unspecified atom stereocenters. The Balaban J connectivity index is 1.84. The Morgan fingerprint density at radius 2 is 2.28 bits per heavy atom. The van der Waals surface area contributed by atoms with E-state index >= 15 is 0 Å². The highest BCUT2D eigenvalue weighted by molar-refractivity contribution is 5.67. The van der Waals surface area contributed by atoms with Crippen LogP contribution < -0.4 is 0 Å². The van der Waals surface area contributed by atoms with Crippen molar-refractivity contribution in [2.24, 2.45) is 0 Å². The van der Waals surface area contributed by atoms with Crippen molar-refractivity contribution >= 4 is 11.6 Å². The second-order valence-corrected chi connectivity index (χ2v) is 4.81. The number of hydrogen-bond acceptors (Lipinski definition) is 3. The Morgan fingerprint density at radius 3 is 2.94 bits per heavy atom. The molecule has 5 heteroatoms. The zero-order valence-corrected chi connectivity index (χ0v) is 10.0. The molecule has 3 rings (SSSR count). The Morgan fingerprint density at radius 1 is 1.44 bits per heavy atom. The Labute approximate surface area is 104 Å². The van der Waals surface area contributed by atoms with Gasteiger partial charge in [-0.25, -0.2) is 9.50 Å². The van der Waals surface area contributed by atoms with Crippen LogP contribution in [0.2, 0.25) is 0 Å². The van der Waals surface area contributed by atoms with Crippen LogP contribution in [-0.4, -0.2) is 25.7 Å². The quantitative estimate of drug-likeness (QED) is 0.894. The molecule has 2 aromatic rings. The summed E-state index contributed by atoms with van der Waals surface area (Å²) >= 11 is 0. The number of carbonyl (C=O) groups is 1. The number of carboxylic acid groups (broad SMARTS) is 1. The Hall–Kier alpha value is -1.91. The van der Waals surface area contributed by atoms with Crippen molar-refractivity contribution in [3.63, 3.8) is 0 Å². The van der Waals surface area contributed by atoms with Crippen LogP contribution >= 0.6 is 0 Å². The second kappa shape index (κ2) is 4.40. The molecule has 0 spiro atoms. The Kier molecular flexibility index (Phi) is 2.74. The fraction of sp³-hybridized carbons (Fsp3) is 0.462. The van der Waals surface area contributed by atoms with Gasteiger partial charge in [-0.15, -0.1) is 0 Å². The average Bonchev–Trinajstić information content (AvgIpc) is 2.66. The van der Waals surface area contributed by atoms with Crippen molar-refractivity contribution in [2.75, 3.05) is 0 Å². The van der Waals surface area contributed by atoms with Crippen LogP contribution in [0, 0.1) is 0 Å². The van der Waals surface area contributed by atoms with E-state index in [-0.39, 0.29) is 6.42 Å². The van der Waals surface area contributed by atoms with Crippen LogP contribution in [0.4, 0.5) is 0 Å². The first-order valence-corrected chi connectivity index (χ1v) is 6.29. The van der Waals surface area contributed by atoms with E-state index in [0.717, 1.165) is 17.0 Å². The summed E-state index contributed by atoms with van der Waals surface area (Å²) in [5.74, 6) is -0.200. The van der Waals surface area contributed by atoms with Gasteiger partial charge in [0.25, 0.3) is 0 Å². The number of hydrogen-bond donors (Lipinski definition) is 1. The Bertz CT molecular complexity index is 587. The van der Waals surface area contributed by atoms with Gasteiger partial charge in [0, 0.05) is 12.3 Å². The van der Waals surface area contributed by atoms with Gasteiger partial charge in [0.2, 0.25) is 0 Å². The van der Waals surface area contributed by atoms with Gasteiger partial charge in [0.15, 0.2) is 5.65 Å². The lowest BCUT2D eigenvalue weighted by Gasteiger charge is -2.24. The molecule has 0 aromatic carbocycles. The fourth-order valence-corrected chi connectivity index (χ4v) is 2.22. The molecule has 94 valence electrons. The SMILES string of the molecule is O=C(O)CCc1cn2nc(C3CCC3)ccc2n1. The summed E-state index contributed by atoms with van der Waals surface area (Å²) in [7, 11) is 0. The van der Waals surface area contributed by atoms with Gasteiger partial charge in [-0.1, -0.05) is 6.42 Å². The zero-order chi connectivity index (χ0) is 12.5. The van der Waals surface area contributed by atoms with E-state index in [4.69, 9.17) is 5.11 Å². The van der Waals surface area contributed by atoms with Crippen LogP contribution in [0.15, 0.2) is 18.3 Å². The van der Waals surface area contributed by atoms with E-state index in [2.05, 4.69) is 10.1 Å². The summed E-state index contributed by atoms with van der Waals surface area (Å²) < 4.78 is 1.77. The third-order valence-electron chi connectivity index (χ3n) is 3.51. The van der Waals surface area contributed by atoms with Crippen LogP contribution in [0.3, 0.4) is 0 Å². The van der Waals surface area contributed by atoms with Crippen LogP contribution in [-0.2, 0) is 11.2 Å². The lowest BCUT2D eigenvalue weighted by Crippen LogP contribution is -2.11. The van der Waals surface area contributed by atoms with Crippen LogP contribution in [0.25, 0.3) is 5.65 Å². The number of aliphatic carboxylic acids is 1. The minimum absolute atomic E-state index is 0.110. The standard InChI is InChI=1S/C13H15N3O2/c17-13(18)7-4-10-8-16-12(14-10)6-5-11(15-16)9-2-1-3-9/h5-6,8-9H,1-4,7H2,(H,17,18). The summed E-state index contributed by atoms with van der Waals surface area (Å²) in [6, 6.07) is 4.00. The first-order chi connectivity index (χ1) is 8.72. The van der Waals surface area contributed by atoms with Gasteiger partial charge in [0.1, 0.15) is 0 Å². The minimum atomic E-state index is -0.796. The molecule has 1 aliphatic rings. The molecule has 1 saturated carbocycles. The van der Waals surface area contributed by atoms with Gasteiger partial charge >= 0.3 is 5.97 Å². The number of imidazole rings is 1. The first-order valence-electron chi connectivity index (χ1n) is 6.29. The van der Waals surface area contributed by atoms with Crippen molar-refractivity contribution in [3.05, 3.63) is 29.7 Å². The van der Waals surface area contributed by atoms with Crippen molar-refractivity contribution in [3.8, 4) is 0 Å². The summed E-state index contributed by atoms with van der Waals surface area (Å²) in [4.78, 5) is 14.9. The molecule has 5 nitrogen and oxygen atoms in total. The molecular formula is C13H15N3O2. The molecule has 0 amide bonds. The highest BCUT2D eigenvalue weighted by Gasteiger charge is 2.21. The normalized spacial score (nSPS) is 15.8. The van der Waals surface area contributed by atoms with E-state index in [1.54, 1.807) is 4.52 Å². The smallest absolute Gasteiger partial charge is 0.303 e. The summed E-state index contributed by atoms with van der Waals surface area (Å²) in [6.07, 6.45) is 6.13. The largest absolute Gasteiger partial charge is 0.481 e. The topological polar surface area (TPSA) is 67.5 Å². The molecule has 0 radical (unpaired) electrons. The average molecular weight is 245 g/mol. The van der Waals surface area contributed by atoms with E-state index in [1.807, 2.05) is 18.3 Å². The number of carboxylic acids is 1. The van der Waals surface area contributed by atoms with E-state index in [9.17, 15) is 4.79 Å². The molecule has 1 N–H and O–H groups in total. The number of rotatable bonds is 4. The number of aryl methyl sites for hydroxylation is 1. The summed E-state index contributed by atoms with van der Waals surface area (Å²) in [5, 5.41) is 13.2. The van der Waals surface area contributed by atoms with E-state index in [1.165, 1.54) is 19.3 Å². The van der Waals surface area contributed by atoms with Crippen LogP contribution in [0.5, 0.6) is 0 Å². The fourth-order valence-electron chi connectivity index (χ4n) is 2.22. The van der Waals surface area contributed by atoms with E-state index < -0.39 is 5.97 Å². The highest BCUT2D eigenvalue weighted by Crippen LogP contribution is 2.34. The third-order valence-corrected chi connectivity index (χ3v) is 3.51. The number of aromatic nitrogens is 3. The molecular weight excluding hydrogens is 230 g/mol. The van der Waals surface area contributed by atoms with Gasteiger partial charge in [0.05, 0.1) is 24.0 Å². The number of nitrogens with zero attached hydrogens (tertiary/aromatic N) is 3. The van der Waals surface area contributed by atoms with Gasteiger partial charge in [-0.05, 0) is 25.0 Å². The maximum atomic E-state index is 10.5. The van der Waals surface area contributed by atoms with Gasteiger partial charge in [-0.3, -0.25) is 4.79 Å². The molecule has 0 saturated heterocycles. The molecule has 0 atom stereocenters.